The van der Waals surface area contributed by atoms with Gasteiger partial charge in [0.1, 0.15) is 0 Å². The molecule has 0 unspecified atom stereocenters. The first-order valence-corrected chi connectivity index (χ1v) is 7.12. The van der Waals surface area contributed by atoms with Gasteiger partial charge < -0.3 is 15.5 Å². The SMILES string of the molecule is Cc1ccnc(CNc2ccc(CO)c(CO)c2)c1Br. The number of hydrogen-bond acceptors (Lipinski definition) is 4. The molecule has 1 aromatic carbocycles. The van der Waals surface area contributed by atoms with E-state index in [1.54, 1.807) is 6.20 Å². The maximum absolute atomic E-state index is 9.28. The highest BCUT2D eigenvalue weighted by molar-refractivity contribution is 9.10. The fourth-order valence-corrected chi connectivity index (χ4v) is 2.32. The first-order chi connectivity index (χ1) is 9.65. The highest BCUT2D eigenvalue weighted by atomic mass is 79.9. The third-order valence-electron chi connectivity index (χ3n) is 3.16. The molecule has 2 aromatic rings. The maximum Gasteiger partial charge on any atom is 0.0739 e. The number of halogens is 1. The average molecular weight is 337 g/mol. The van der Waals surface area contributed by atoms with Crippen LogP contribution in [0.25, 0.3) is 0 Å². The van der Waals surface area contributed by atoms with Crippen molar-refractivity contribution in [3.63, 3.8) is 0 Å². The maximum atomic E-state index is 9.28. The Morgan fingerprint density at radius 3 is 2.60 bits per heavy atom. The van der Waals surface area contributed by atoms with Gasteiger partial charge in [-0.2, -0.15) is 0 Å². The van der Waals surface area contributed by atoms with Gasteiger partial charge in [0, 0.05) is 16.4 Å². The molecule has 0 bridgehead atoms. The Balaban J connectivity index is 2.13. The van der Waals surface area contributed by atoms with Gasteiger partial charge in [0.2, 0.25) is 0 Å². The molecule has 0 aliphatic rings. The predicted molar refractivity (Wildman–Crippen MR) is 82.3 cm³/mol. The van der Waals surface area contributed by atoms with E-state index < -0.39 is 0 Å². The van der Waals surface area contributed by atoms with E-state index in [9.17, 15) is 5.11 Å². The molecule has 20 heavy (non-hydrogen) atoms. The van der Waals surface area contributed by atoms with Crippen LogP contribution in [0, 0.1) is 6.92 Å². The molecule has 5 heteroatoms. The fourth-order valence-electron chi connectivity index (χ4n) is 1.94. The minimum Gasteiger partial charge on any atom is -0.392 e. The van der Waals surface area contributed by atoms with Crippen molar-refractivity contribution >= 4 is 21.6 Å². The number of hydrogen-bond donors (Lipinski definition) is 3. The van der Waals surface area contributed by atoms with Crippen molar-refractivity contribution in [1.29, 1.82) is 0 Å². The van der Waals surface area contributed by atoms with E-state index >= 15 is 0 Å². The topological polar surface area (TPSA) is 65.4 Å². The van der Waals surface area contributed by atoms with Gasteiger partial charge in [0.15, 0.2) is 0 Å². The first kappa shape index (κ1) is 15.0. The van der Waals surface area contributed by atoms with Crippen LogP contribution in [0.1, 0.15) is 22.4 Å². The van der Waals surface area contributed by atoms with Crippen LogP contribution in [-0.2, 0) is 19.8 Å². The van der Waals surface area contributed by atoms with Crippen molar-refractivity contribution in [2.75, 3.05) is 5.32 Å². The van der Waals surface area contributed by atoms with Gasteiger partial charge in [0.25, 0.3) is 0 Å². The molecule has 0 saturated heterocycles. The number of benzene rings is 1. The Bertz CT molecular complexity index is 602. The zero-order valence-electron chi connectivity index (χ0n) is 11.2. The van der Waals surface area contributed by atoms with E-state index in [4.69, 9.17) is 5.11 Å². The standard InChI is InChI=1S/C15H17BrN2O2/c1-10-4-5-17-14(15(10)16)7-18-13-3-2-11(8-19)12(6-13)9-20/h2-6,18-20H,7-9H2,1H3. The first-order valence-electron chi connectivity index (χ1n) is 6.33. The molecule has 3 N–H and O–H groups in total. The summed E-state index contributed by atoms with van der Waals surface area (Å²) in [7, 11) is 0. The second kappa shape index (κ2) is 6.83. The number of rotatable bonds is 5. The summed E-state index contributed by atoms with van der Waals surface area (Å²) in [4.78, 5) is 4.33. The van der Waals surface area contributed by atoms with Crippen LogP contribution in [-0.4, -0.2) is 15.2 Å². The minimum absolute atomic E-state index is 0.0683. The van der Waals surface area contributed by atoms with Crippen molar-refractivity contribution in [2.45, 2.75) is 26.7 Å². The molecule has 0 fully saturated rings. The molecule has 2 rings (SSSR count). The van der Waals surface area contributed by atoms with E-state index in [2.05, 4.69) is 26.2 Å². The molecule has 0 atom stereocenters. The van der Waals surface area contributed by atoms with Gasteiger partial charge >= 0.3 is 0 Å². The Kier molecular flexibility index (Phi) is 5.11. The van der Waals surface area contributed by atoms with Gasteiger partial charge in [-0.1, -0.05) is 6.07 Å². The second-order valence-electron chi connectivity index (χ2n) is 4.54. The molecule has 0 spiro atoms. The van der Waals surface area contributed by atoms with Crippen LogP contribution in [0.4, 0.5) is 5.69 Å². The van der Waals surface area contributed by atoms with Crippen molar-refractivity contribution in [3.8, 4) is 0 Å². The molecule has 0 aliphatic heterocycles. The van der Waals surface area contributed by atoms with Crippen LogP contribution in [0.5, 0.6) is 0 Å². The summed E-state index contributed by atoms with van der Waals surface area (Å²) in [6.07, 6.45) is 1.78. The third-order valence-corrected chi connectivity index (χ3v) is 4.24. The summed E-state index contributed by atoms with van der Waals surface area (Å²) < 4.78 is 1.00. The fraction of sp³-hybridized carbons (Fsp3) is 0.267. The highest BCUT2D eigenvalue weighted by Crippen LogP contribution is 2.21. The van der Waals surface area contributed by atoms with E-state index in [-0.39, 0.29) is 13.2 Å². The number of aliphatic hydroxyl groups is 2. The summed E-state index contributed by atoms with van der Waals surface area (Å²) in [6, 6.07) is 7.49. The lowest BCUT2D eigenvalue weighted by Gasteiger charge is -2.11. The van der Waals surface area contributed by atoms with Crippen molar-refractivity contribution < 1.29 is 10.2 Å². The van der Waals surface area contributed by atoms with Gasteiger partial charge in [-0.25, -0.2) is 0 Å². The zero-order valence-corrected chi connectivity index (χ0v) is 12.8. The lowest BCUT2D eigenvalue weighted by atomic mass is 10.1. The van der Waals surface area contributed by atoms with Crippen LogP contribution in [0.15, 0.2) is 34.9 Å². The molecule has 0 saturated carbocycles. The molecule has 0 aliphatic carbocycles. The summed E-state index contributed by atoms with van der Waals surface area (Å²) in [5.41, 5.74) is 4.44. The molecule has 1 heterocycles. The lowest BCUT2D eigenvalue weighted by molar-refractivity contribution is 0.260. The highest BCUT2D eigenvalue weighted by Gasteiger charge is 2.05. The molecule has 106 valence electrons. The van der Waals surface area contributed by atoms with E-state index in [0.717, 1.165) is 32.5 Å². The molecular formula is C15H17BrN2O2. The second-order valence-corrected chi connectivity index (χ2v) is 5.33. The third kappa shape index (κ3) is 3.36. The van der Waals surface area contributed by atoms with Gasteiger partial charge in [0.05, 0.1) is 25.5 Å². The van der Waals surface area contributed by atoms with Crippen LogP contribution in [0.2, 0.25) is 0 Å². The Labute approximate surface area is 126 Å². The van der Waals surface area contributed by atoms with Gasteiger partial charge in [-0.3, -0.25) is 4.98 Å². The minimum atomic E-state index is -0.0855. The monoisotopic (exact) mass is 336 g/mol. The van der Waals surface area contributed by atoms with Gasteiger partial charge in [-0.15, -0.1) is 0 Å². The van der Waals surface area contributed by atoms with Gasteiger partial charge in [-0.05, 0) is 57.7 Å². The number of nitrogens with one attached hydrogen (secondary N) is 1. The van der Waals surface area contributed by atoms with Crippen LogP contribution >= 0.6 is 15.9 Å². The Morgan fingerprint density at radius 2 is 1.90 bits per heavy atom. The lowest BCUT2D eigenvalue weighted by Crippen LogP contribution is -2.04. The quantitative estimate of drug-likeness (QED) is 0.785. The number of pyridine rings is 1. The molecule has 1 aromatic heterocycles. The zero-order chi connectivity index (χ0) is 14.5. The number of anilines is 1. The Morgan fingerprint density at radius 1 is 1.15 bits per heavy atom. The van der Waals surface area contributed by atoms with E-state index in [1.807, 2.05) is 31.2 Å². The molecular weight excluding hydrogens is 320 g/mol. The van der Waals surface area contributed by atoms with Crippen molar-refractivity contribution in [1.82, 2.24) is 4.98 Å². The van der Waals surface area contributed by atoms with E-state index in [0.29, 0.717) is 6.54 Å². The number of nitrogens with zero attached hydrogens (tertiary/aromatic N) is 1. The largest absolute Gasteiger partial charge is 0.392 e. The van der Waals surface area contributed by atoms with Crippen molar-refractivity contribution in [3.05, 3.63) is 57.3 Å². The summed E-state index contributed by atoms with van der Waals surface area (Å²) in [5.74, 6) is 0. The Hall–Kier alpha value is -1.43. The number of aromatic nitrogens is 1. The molecule has 4 nitrogen and oxygen atoms in total. The number of aryl methyl sites for hydroxylation is 1. The summed E-state index contributed by atoms with van der Waals surface area (Å²) in [5, 5.41) is 21.7. The van der Waals surface area contributed by atoms with Crippen molar-refractivity contribution in [2.24, 2.45) is 0 Å². The smallest absolute Gasteiger partial charge is 0.0739 e. The molecule has 0 radical (unpaired) electrons. The average Bonchev–Trinajstić information content (AvgIpc) is 2.48. The summed E-state index contributed by atoms with van der Waals surface area (Å²) in [6.45, 7) is 2.46. The predicted octanol–water partition coefficient (Wildman–Crippen LogP) is 2.75. The van der Waals surface area contributed by atoms with E-state index in [1.165, 1.54) is 0 Å². The molecule has 0 amide bonds. The van der Waals surface area contributed by atoms with Crippen LogP contribution < -0.4 is 5.32 Å². The normalized spacial score (nSPS) is 10.6. The van der Waals surface area contributed by atoms with Crippen LogP contribution in [0.3, 0.4) is 0 Å². The summed E-state index contributed by atoms with van der Waals surface area (Å²) >= 11 is 3.53. The number of aliphatic hydroxyl groups excluding tert-OH is 2.